The molecule has 0 radical (unpaired) electrons. The van der Waals surface area contributed by atoms with E-state index in [1.54, 1.807) is 6.92 Å². The summed E-state index contributed by atoms with van der Waals surface area (Å²) in [5.41, 5.74) is 2.05. The molecule has 1 aromatic heterocycles. The number of hydrogen-bond donors (Lipinski definition) is 1. The molecule has 1 aromatic carbocycles. The van der Waals surface area contributed by atoms with E-state index < -0.39 is 0 Å². The van der Waals surface area contributed by atoms with Crippen LogP contribution in [-0.2, 0) is 0 Å². The second kappa shape index (κ2) is 4.99. The third-order valence-electron chi connectivity index (χ3n) is 2.36. The lowest BCUT2D eigenvalue weighted by molar-refractivity contribution is 0.394. The van der Waals surface area contributed by atoms with Gasteiger partial charge >= 0.3 is 0 Å². The summed E-state index contributed by atoms with van der Waals surface area (Å²) >= 11 is 0. The lowest BCUT2D eigenvalue weighted by Gasteiger charge is -2.09. The highest BCUT2D eigenvalue weighted by Crippen LogP contribution is 2.20. The van der Waals surface area contributed by atoms with Crippen molar-refractivity contribution in [2.45, 2.75) is 20.8 Å². The van der Waals surface area contributed by atoms with Crippen molar-refractivity contribution < 1.29 is 4.52 Å². The molecule has 4 heteroatoms. The lowest BCUT2D eigenvalue weighted by atomic mass is 10.1. The fourth-order valence-electron chi connectivity index (χ4n) is 1.51. The van der Waals surface area contributed by atoms with Gasteiger partial charge in [-0.2, -0.15) is 4.98 Å². The minimum Gasteiger partial charge on any atom is -0.385 e. The Morgan fingerprint density at radius 2 is 2.18 bits per heavy atom. The number of rotatable bonds is 4. The lowest BCUT2D eigenvalue weighted by Crippen LogP contribution is -2.07. The Hall–Kier alpha value is -1.84. The van der Waals surface area contributed by atoms with Crippen LogP contribution in [0.25, 0.3) is 11.4 Å². The Balaban J connectivity index is 2.16. The summed E-state index contributed by atoms with van der Waals surface area (Å²) in [6.45, 7) is 7.10. The molecule has 17 heavy (non-hydrogen) atoms. The van der Waals surface area contributed by atoms with Crippen LogP contribution in [0.1, 0.15) is 19.7 Å². The molecule has 0 aliphatic heterocycles. The van der Waals surface area contributed by atoms with Crippen LogP contribution in [0.2, 0.25) is 0 Å². The minimum absolute atomic E-state index is 0.584. The fraction of sp³-hybridized carbons (Fsp3) is 0.385. The zero-order chi connectivity index (χ0) is 12.3. The number of aromatic nitrogens is 2. The van der Waals surface area contributed by atoms with Crippen LogP contribution in [0.15, 0.2) is 28.8 Å². The van der Waals surface area contributed by atoms with E-state index in [4.69, 9.17) is 4.52 Å². The largest absolute Gasteiger partial charge is 0.385 e. The summed E-state index contributed by atoms with van der Waals surface area (Å²) in [5.74, 6) is 1.84. The molecule has 1 N–H and O–H groups in total. The van der Waals surface area contributed by atoms with Gasteiger partial charge in [-0.15, -0.1) is 0 Å². The van der Waals surface area contributed by atoms with Gasteiger partial charge < -0.3 is 9.84 Å². The van der Waals surface area contributed by atoms with E-state index in [-0.39, 0.29) is 0 Å². The molecular formula is C13H17N3O. The second-order valence-electron chi connectivity index (χ2n) is 4.49. The van der Waals surface area contributed by atoms with Crippen molar-refractivity contribution in [3.63, 3.8) is 0 Å². The predicted molar refractivity (Wildman–Crippen MR) is 67.8 cm³/mol. The van der Waals surface area contributed by atoms with E-state index in [0.29, 0.717) is 17.6 Å². The maximum Gasteiger partial charge on any atom is 0.223 e. The van der Waals surface area contributed by atoms with Crippen LogP contribution in [-0.4, -0.2) is 16.7 Å². The first-order chi connectivity index (χ1) is 8.15. The van der Waals surface area contributed by atoms with Crippen LogP contribution >= 0.6 is 0 Å². The summed E-state index contributed by atoms with van der Waals surface area (Å²) in [5, 5.41) is 7.28. The monoisotopic (exact) mass is 231 g/mol. The van der Waals surface area contributed by atoms with Crippen molar-refractivity contribution in [1.82, 2.24) is 10.1 Å². The summed E-state index contributed by atoms with van der Waals surface area (Å²) in [4.78, 5) is 4.21. The molecule has 2 rings (SSSR count). The van der Waals surface area contributed by atoms with Crippen molar-refractivity contribution >= 4 is 5.69 Å². The molecule has 0 atom stereocenters. The zero-order valence-electron chi connectivity index (χ0n) is 10.4. The SMILES string of the molecule is Cc1nc(-c2cccc(NCC(C)C)c2)no1. The molecule has 90 valence electrons. The molecule has 0 bridgehead atoms. The Morgan fingerprint density at radius 1 is 1.35 bits per heavy atom. The van der Waals surface area contributed by atoms with Crippen LogP contribution in [0.5, 0.6) is 0 Å². The first kappa shape index (κ1) is 11.6. The van der Waals surface area contributed by atoms with Crippen LogP contribution < -0.4 is 5.32 Å². The van der Waals surface area contributed by atoms with Gasteiger partial charge in [0.2, 0.25) is 11.7 Å². The number of anilines is 1. The van der Waals surface area contributed by atoms with Crippen molar-refractivity contribution in [1.29, 1.82) is 0 Å². The van der Waals surface area contributed by atoms with E-state index in [1.807, 2.05) is 24.3 Å². The number of hydrogen-bond acceptors (Lipinski definition) is 4. The van der Waals surface area contributed by atoms with E-state index in [2.05, 4.69) is 29.3 Å². The van der Waals surface area contributed by atoms with Gasteiger partial charge in [-0.1, -0.05) is 31.1 Å². The van der Waals surface area contributed by atoms with Crippen LogP contribution in [0, 0.1) is 12.8 Å². The quantitative estimate of drug-likeness (QED) is 0.878. The van der Waals surface area contributed by atoms with Gasteiger partial charge in [-0.25, -0.2) is 0 Å². The first-order valence-corrected chi connectivity index (χ1v) is 5.80. The summed E-state index contributed by atoms with van der Waals surface area (Å²) < 4.78 is 4.98. The Morgan fingerprint density at radius 3 is 2.82 bits per heavy atom. The van der Waals surface area contributed by atoms with Gasteiger partial charge in [-0.3, -0.25) is 0 Å². The highest BCUT2D eigenvalue weighted by Gasteiger charge is 2.06. The van der Waals surface area contributed by atoms with Crippen LogP contribution in [0.3, 0.4) is 0 Å². The highest BCUT2D eigenvalue weighted by atomic mass is 16.5. The molecule has 4 nitrogen and oxygen atoms in total. The molecule has 0 spiro atoms. The van der Waals surface area contributed by atoms with E-state index in [1.165, 1.54) is 0 Å². The number of nitrogens with zero attached hydrogens (tertiary/aromatic N) is 2. The standard InChI is InChI=1S/C13H17N3O/c1-9(2)8-14-12-6-4-5-11(7-12)13-15-10(3)17-16-13/h4-7,9,14H,8H2,1-3H3. The maximum atomic E-state index is 4.98. The smallest absolute Gasteiger partial charge is 0.223 e. The van der Waals surface area contributed by atoms with Gasteiger partial charge in [0.1, 0.15) is 0 Å². The van der Waals surface area contributed by atoms with Gasteiger partial charge in [0, 0.05) is 24.7 Å². The Kier molecular flexibility index (Phi) is 3.42. The summed E-state index contributed by atoms with van der Waals surface area (Å²) in [6, 6.07) is 8.04. The van der Waals surface area contributed by atoms with Gasteiger partial charge in [0.25, 0.3) is 0 Å². The van der Waals surface area contributed by atoms with Gasteiger partial charge in [0.15, 0.2) is 0 Å². The molecule has 0 saturated heterocycles. The van der Waals surface area contributed by atoms with E-state index in [0.717, 1.165) is 17.8 Å². The second-order valence-corrected chi connectivity index (χ2v) is 4.49. The Labute approximate surface area is 101 Å². The van der Waals surface area contributed by atoms with E-state index >= 15 is 0 Å². The van der Waals surface area contributed by atoms with Gasteiger partial charge in [-0.05, 0) is 18.1 Å². The number of benzene rings is 1. The normalized spacial score (nSPS) is 10.8. The Bertz CT molecular complexity index is 491. The molecule has 0 fully saturated rings. The molecule has 0 amide bonds. The number of aryl methyl sites for hydroxylation is 1. The van der Waals surface area contributed by atoms with Crippen LogP contribution in [0.4, 0.5) is 5.69 Å². The van der Waals surface area contributed by atoms with E-state index in [9.17, 15) is 0 Å². The average molecular weight is 231 g/mol. The molecule has 0 saturated carbocycles. The predicted octanol–water partition coefficient (Wildman–Crippen LogP) is 3.11. The maximum absolute atomic E-state index is 4.98. The van der Waals surface area contributed by atoms with Crippen molar-refractivity contribution in [3.8, 4) is 11.4 Å². The van der Waals surface area contributed by atoms with Crippen molar-refractivity contribution in [3.05, 3.63) is 30.2 Å². The minimum atomic E-state index is 0.584. The molecule has 0 aliphatic carbocycles. The highest BCUT2D eigenvalue weighted by molar-refractivity contribution is 5.61. The van der Waals surface area contributed by atoms with Crippen molar-refractivity contribution in [2.75, 3.05) is 11.9 Å². The summed E-state index contributed by atoms with van der Waals surface area (Å²) in [7, 11) is 0. The number of nitrogens with one attached hydrogen (secondary N) is 1. The summed E-state index contributed by atoms with van der Waals surface area (Å²) in [6.07, 6.45) is 0. The van der Waals surface area contributed by atoms with Gasteiger partial charge in [0.05, 0.1) is 0 Å². The molecule has 1 heterocycles. The van der Waals surface area contributed by atoms with Crippen molar-refractivity contribution in [2.24, 2.45) is 5.92 Å². The molecule has 0 unspecified atom stereocenters. The third kappa shape index (κ3) is 3.06. The topological polar surface area (TPSA) is 51.0 Å². The third-order valence-corrected chi connectivity index (χ3v) is 2.36. The fourth-order valence-corrected chi connectivity index (χ4v) is 1.51. The first-order valence-electron chi connectivity index (χ1n) is 5.80. The molecular weight excluding hydrogens is 214 g/mol. The molecule has 2 aromatic rings. The average Bonchev–Trinajstić information content (AvgIpc) is 2.74. The zero-order valence-corrected chi connectivity index (χ0v) is 10.4. The molecule has 0 aliphatic rings.